The van der Waals surface area contributed by atoms with Gasteiger partial charge in [0.15, 0.2) is 0 Å². The maximum Gasteiger partial charge on any atom is 0.407 e. The minimum Gasteiger partial charge on any atom is -0.444 e. The van der Waals surface area contributed by atoms with E-state index in [1.807, 2.05) is 27.7 Å². The molecule has 0 aliphatic carbocycles. The lowest BCUT2D eigenvalue weighted by Crippen LogP contribution is -2.44. The zero-order valence-corrected chi connectivity index (χ0v) is 12.2. The molecular weight excluding hydrogens is 228 g/mol. The van der Waals surface area contributed by atoms with Crippen LogP contribution in [0, 0.1) is 12.3 Å². The van der Waals surface area contributed by atoms with E-state index in [1.54, 1.807) is 0 Å². The molecule has 0 rings (SSSR count). The Kier molecular flexibility index (Phi) is 7.45. The Bertz CT molecular complexity index is 289. The van der Waals surface area contributed by atoms with Crippen molar-refractivity contribution in [3.63, 3.8) is 0 Å². The maximum atomic E-state index is 11.5. The van der Waals surface area contributed by atoms with Crippen LogP contribution < -0.4 is 10.6 Å². The van der Waals surface area contributed by atoms with E-state index in [0.717, 1.165) is 6.42 Å². The second kappa shape index (κ2) is 7.99. The largest absolute Gasteiger partial charge is 0.444 e. The highest BCUT2D eigenvalue weighted by Crippen LogP contribution is 2.06. The molecule has 2 atom stereocenters. The number of terminal acetylenes is 1. The quantitative estimate of drug-likeness (QED) is 0.715. The molecule has 0 radical (unpaired) electrons. The summed E-state index contributed by atoms with van der Waals surface area (Å²) in [6, 6.07) is 0.459. The summed E-state index contributed by atoms with van der Waals surface area (Å²) in [5.74, 6) is 2.65. The van der Waals surface area contributed by atoms with Gasteiger partial charge in [0.2, 0.25) is 0 Å². The van der Waals surface area contributed by atoms with Crippen LogP contribution in [0.15, 0.2) is 0 Å². The third-order valence-corrected chi connectivity index (χ3v) is 2.33. The second-order valence-electron chi connectivity index (χ2n) is 5.46. The fourth-order valence-electron chi connectivity index (χ4n) is 1.48. The van der Waals surface area contributed by atoms with Crippen LogP contribution in [0.4, 0.5) is 4.79 Å². The van der Waals surface area contributed by atoms with E-state index in [9.17, 15) is 4.79 Å². The highest BCUT2D eigenvalue weighted by Gasteiger charge is 2.16. The van der Waals surface area contributed by atoms with Crippen molar-refractivity contribution in [3.8, 4) is 12.3 Å². The van der Waals surface area contributed by atoms with Crippen LogP contribution in [-0.2, 0) is 4.74 Å². The molecule has 4 heteroatoms. The van der Waals surface area contributed by atoms with Crippen molar-refractivity contribution in [2.45, 2.75) is 65.1 Å². The topological polar surface area (TPSA) is 50.4 Å². The van der Waals surface area contributed by atoms with Gasteiger partial charge in [0.05, 0.1) is 0 Å². The summed E-state index contributed by atoms with van der Waals surface area (Å²) in [5, 5.41) is 6.11. The van der Waals surface area contributed by atoms with Gasteiger partial charge in [-0.1, -0.05) is 6.92 Å². The van der Waals surface area contributed by atoms with Crippen molar-refractivity contribution < 1.29 is 9.53 Å². The first-order chi connectivity index (χ1) is 8.28. The Balaban J connectivity index is 3.92. The smallest absolute Gasteiger partial charge is 0.407 e. The summed E-state index contributed by atoms with van der Waals surface area (Å²) < 4.78 is 5.16. The van der Waals surface area contributed by atoms with Crippen LogP contribution in [0.5, 0.6) is 0 Å². The molecule has 0 heterocycles. The summed E-state index contributed by atoms with van der Waals surface area (Å²) in [4.78, 5) is 11.5. The summed E-state index contributed by atoms with van der Waals surface area (Å²) in [6.07, 6.45) is 6.58. The molecule has 4 nitrogen and oxygen atoms in total. The van der Waals surface area contributed by atoms with E-state index >= 15 is 0 Å². The third-order valence-electron chi connectivity index (χ3n) is 2.33. The molecule has 2 N–H and O–H groups in total. The molecule has 0 aliphatic heterocycles. The Morgan fingerprint density at radius 1 is 1.44 bits per heavy atom. The van der Waals surface area contributed by atoms with Gasteiger partial charge in [-0.15, -0.1) is 12.3 Å². The van der Waals surface area contributed by atoms with E-state index in [1.165, 1.54) is 0 Å². The van der Waals surface area contributed by atoms with Crippen molar-refractivity contribution in [1.82, 2.24) is 10.6 Å². The fourth-order valence-corrected chi connectivity index (χ4v) is 1.48. The zero-order valence-electron chi connectivity index (χ0n) is 12.2. The molecular formula is C14H26N2O2. The molecule has 0 aromatic rings. The predicted molar refractivity (Wildman–Crippen MR) is 74.4 cm³/mol. The first-order valence-corrected chi connectivity index (χ1v) is 6.44. The predicted octanol–water partition coefficient (Wildman–Crippen LogP) is 2.29. The standard InChI is InChI=1S/C14H26N2O2/c1-7-9-12(8-2)16-11(3)10-15-13(17)18-14(4,5)6/h1,11-12,16H,8-10H2,2-6H3,(H,15,17). The van der Waals surface area contributed by atoms with E-state index in [2.05, 4.69) is 23.5 Å². The zero-order chi connectivity index (χ0) is 14.2. The van der Waals surface area contributed by atoms with Crippen LogP contribution in [-0.4, -0.2) is 30.3 Å². The van der Waals surface area contributed by atoms with E-state index in [0.29, 0.717) is 19.0 Å². The number of carbonyl (C=O) groups excluding carboxylic acids is 1. The molecule has 0 spiro atoms. The van der Waals surface area contributed by atoms with Crippen molar-refractivity contribution >= 4 is 6.09 Å². The fraction of sp³-hybridized carbons (Fsp3) is 0.786. The Morgan fingerprint density at radius 3 is 2.50 bits per heavy atom. The normalized spacial score (nSPS) is 14.4. The second-order valence-corrected chi connectivity index (χ2v) is 5.46. The lowest BCUT2D eigenvalue weighted by molar-refractivity contribution is 0.0522. The van der Waals surface area contributed by atoms with Crippen molar-refractivity contribution in [1.29, 1.82) is 0 Å². The van der Waals surface area contributed by atoms with Gasteiger partial charge in [-0.25, -0.2) is 4.79 Å². The lowest BCUT2D eigenvalue weighted by Gasteiger charge is -2.23. The highest BCUT2D eigenvalue weighted by atomic mass is 16.6. The van der Waals surface area contributed by atoms with E-state index in [4.69, 9.17) is 11.2 Å². The van der Waals surface area contributed by atoms with Gasteiger partial charge in [-0.05, 0) is 34.1 Å². The molecule has 0 bridgehead atoms. The number of amides is 1. The summed E-state index contributed by atoms with van der Waals surface area (Å²) in [7, 11) is 0. The van der Waals surface area contributed by atoms with Crippen molar-refractivity contribution in [2.75, 3.05) is 6.54 Å². The summed E-state index contributed by atoms with van der Waals surface area (Å²) >= 11 is 0. The molecule has 2 unspecified atom stereocenters. The summed E-state index contributed by atoms with van der Waals surface area (Å²) in [6.45, 7) is 10.1. The van der Waals surface area contributed by atoms with Gasteiger partial charge in [-0.2, -0.15) is 0 Å². The minimum absolute atomic E-state index is 0.163. The molecule has 0 fully saturated rings. The number of rotatable bonds is 6. The van der Waals surface area contributed by atoms with Gasteiger partial charge in [0.25, 0.3) is 0 Å². The van der Waals surface area contributed by atoms with Crippen LogP contribution in [0.3, 0.4) is 0 Å². The van der Waals surface area contributed by atoms with E-state index < -0.39 is 5.60 Å². The number of carbonyl (C=O) groups is 1. The Labute approximate surface area is 111 Å². The SMILES string of the molecule is C#CCC(CC)NC(C)CNC(=O)OC(C)(C)C. The number of hydrogen-bond acceptors (Lipinski definition) is 3. The molecule has 0 aromatic carbocycles. The molecule has 0 saturated carbocycles. The molecule has 0 aromatic heterocycles. The number of nitrogens with one attached hydrogen (secondary N) is 2. The Hall–Kier alpha value is -1.21. The highest BCUT2D eigenvalue weighted by molar-refractivity contribution is 5.67. The first-order valence-electron chi connectivity index (χ1n) is 6.44. The van der Waals surface area contributed by atoms with Gasteiger partial charge >= 0.3 is 6.09 Å². The van der Waals surface area contributed by atoms with Crippen molar-refractivity contribution in [3.05, 3.63) is 0 Å². The number of hydrogen-bond donors (Lipinski definition) is 2. The lowest BCUT2D eigenvalue weighted by atomic mass is 10.1. The molecule has 0 saturated heterocycles. The summed E-state index contributed by atoms with van der Waals surface area (Å²) in [5.41, 5.74) is -0.462. The Morgan fingerprint density at radius 2 is 2.06 bits per heavy atom. The monoisotopic (exact) mass is 254 g/mol. The first kappa shape index (κ1) is 16.8. The van der Waals surface area contributed by atoms with Crippen LogP contribution in [0.1, 0.15) is 47.5 Å². The van der Waals surface area contributed by atoms with Gasteiger partial charge in [0, 0.05) is 25.0 Å². The van der Waals surface area contributed by atoms with Gasteiger partial charge < -0.3 is 15.4 Å². The molecule has 1 amide bonds. The van der Waals surface area contributed by atoms with Crippen molar-refractivity contribution in [2.24, 2.45) is 0 Å². The molecule has 18 heavy (non-hydrogen) atoms. The van der Waals surface area contributed by atoms with Crippen LogP contribution >= 0.6 is 0 Å². The van der Waals surface area contributed by atoms with Gasteiger partial charge in [-0.3, -0.25) is 0 Å². The average Bonchev–Trinajstić information content (AvgIpc) is 2.23. The minimum atomic E-state index is -0.462. The van der Waals surface area contributed by atoms with Gasteiger partial charge in [0.1, 0.15) is 5.60 Å². The average molecular weight is 254 g/mol. The number of alkyl carbamates (subject to hydrolysis) is 1. The third kappa shape index (κ3) is 8.89. The molecule has 104 valence electrons. The van der Waals surface area contributed by atoms with Crippen LogP contribution in [0.25, 0.3) is 0 Å². The maximum absolute atomic E-state index is 11.5. The molecule has 0 aliphatic rings. The van der Waals surface area contributed by atoms with E-state index in [-0.39, 0.29) is 12.1 Å². The number of ether oxygens (including phenoxy) is 1. The van der Waals surface area contributed by atoms with Crippen LogP contribution in [0.2, 0.25) is 0 Å².